The molecule has 0 atom stereocenters. The summed E-state index contributed by atoms with van der Waals surface area (Å²) < 4.78 is 44.2. The first-order valence-electron chi connectivity index (χ1n) is 7.87. The van der Waals surface area contributed by atoms with Crippen molar-refractivity contribution in [1.29, 1.82) is 0 Å². The maximum absolute atomic E-state index is 12.9. The Labute approximate surface area is 155 Å². The largest absolute Gasteiger partial charge is 0.416 e. The lowest BCUT2D eigenvalue weighted by Gasteiger charge is -2.51. The highest BCUT2D eigenvalue weighted by Crippen LogP contribution is 2.42. The summed E-state index contributed by atoms with van der Waals surface area (Å²) in [6, 6.07) is 3.26. The molecular formula is C17H13ClF3NO3S. The number of halogens is 4. The third kappa shape index (κ3) is 2.90. The van der Waals surface area contributed by atoms with Crippen LogP contribution in [0.5, 0.6) is 0 Å². The topological polar surface area (TPSA) is 46.6 Å². The lowest BCUT2D eigenvalue weighted by Crippen LogP contribution is -2.62. The summed E-state index contributed by atoms with van der Waals surface area (Å²) in [5.74, 6) is -0.309. The highest BCUT2D eigenvalue weighted by Gasteiger charge is 2.49. The van der Waals surface area contributed by atoms with Gasteiger partial charge >= 0.3 is 6.18 Å². The first-order chi connectivity index (χ1) is 12.2. The molecule has 0 radical (unpaired) electrons. The Morgan fingerprint density at radius 3 is 2.69 bits per heavy atom. The molecule has 138 valence electrons. The number of carbonyl (C=O) groups excluding carboxylic acids is 2. The highest BCUT2D eigenvalue weighted by molar-refractivity contribution is 7.21. The zero-order chi connectivity index (χ0) is 18.7. The van der Waals surface area contributed by atoms with Gasteiger partial charge in [-0.05, 0) is 12.1 Å². The minimum Gasteiger partial charge on any atom is -0.373 e. The number of alkyl halides is 3. The fraction of sp³-hybridized carbons (Fsp3) is 0.412. The summed E-state index contributed by atoms with van der Waals surface area (Å²) in [5.41, 5.74) is -1.11. The van der Waals surface area contributed by atoms with Crippen LogP contribution in [0.2, 0.25) is 5.02 Å². The third-order valence-corrected chi connectivity index (χ3v) is 6.38. The van der Waals surface area contributed by atoms with Gasteiger partial charge in [-0.2, -0.15) is 13.2 Å². The smallest absolute Gasteiger partial charge is 0.373 e. The summed E-state index contributed by atoms with van der Waals surface area (Å²) in [7, 11) is 0. The summed E-state index contributed by atoms with van der Waals surface area (Å²) >= 11 is 7.20. The summed E-state index contributed by atoms with van der Waals surface area (Å²) in [5, 5.41) is 0.597. The van der Waals surface area contributed by atoms with Crippen LogP contribution in [0.1, 0.15) is 21.7 Å². The van der Waals surface area contributed by atoms with Gasteiger partial charge in [0.25, 0.3) is 5.91 Å². The van der Waals surface area contributed by atoms with E-state index in [1.165, 1.54) is 6.07 Å². The molecule has 0 saturated carbocycles. The van der Waals surface area contributed by atoms with Crippen molar-refractivity contribution >= 4 is 44.7 Å². The Kier molecular flexibility index (Phi) is 4.05. The van der Waals surface area contributed by atoms with Crippen molar-refractivity contribution in [3.63, 3.8) is 0 Å². The van der Waals surface area contributed by atoms with Crippen molar-refractivity contribution in [2.24, 2.45) is 5.41 Å². The van der Waals surface area contributed by atoms with Crippen LogP contribution in [0, 0.1) is 5.41 Å². The van der Waals surface area contributed by atoms with Gasteiger partial charge in [-0.25, -0.2) is 0 Å². The molecule has 26 heavy (non-hydrogen) atoms. The molecular weight excluding hydrogens is 391 g/mol. The molecule has 1 spiro atoms. The van der Waals surface area contributed by atoms with Crippen LogP contribution < -0.4 is 0 Å². The molecule has 0 bridgehead atoms. The molecule has 4 nitrogen and oxygen atoms in total. The Morgan fingerprint density at radius 2 is 2.04 bits per heavy atom. The van der Waals surface area contributed by atoms with Gasteiger partial charge in [-0.15, -0.1) is 11.3 Å². The number of ketones is 1. The van der Waals surface area contributed by atoms with Gasteiger partial charge in [0.1, 0.15) is 11.5 Å². The van der Waals surface area contributed by atoms with Crippen molar-refractivity contribution in [1.82, 2.24) is 4.90 Å². The van der Waals surface area contributed by atoms with Crippen molar-refractivity contribution in [3.05, 3.63) is 33.7 Å². The predicted octanol–water partition coefficient (Wildman–Crippen LogP) is 4.01. The van der Waals surface area contributed by atoms with Gasteiger partial charge < -0.3 is 9.64 Å². The van der Waals surface area contributed by atoms with Crippen LogP contribution in [-0.4, -0.2) is 42.9 Å². The van der Waals surface area contributed by atoms with E-state index in [-0.39, 0.29) is 33.6 Å². The second-order valence-corrected chi connectivity index (χ2v) is 8.25. The maximum Gasteiger partial charge on any atom is 0.416 e. The van der Waals surface area contributed by atoms with Gasteiger partial charge in [0.15, 0.2) is 5.78 Å². The Bertz CT molecular complexity index is 918. The van der Waals surface area contributed by atoms with E-state index >= 15 is 0 Å². The van der Waals surface area contributed by atoms with Gasteiger partial charge in [0.2, 0.25) is 0 Å². The number of amides is 1. The molecule has 1 aromatic heterocycles. The molecule has 2 aliphatic heterocycles. The first-order valence-corrected chi connectivity index (χ1v) is 9.06. The van der Waals surface area contributed by atoms with Crippen LogP contribution in [0.4, 0.5) is 13.2 Å². The number of carbonyl (C=O) groups is 2. The van der Waals surface area contributed by atoms with Crippen LogP contribution in [0.3, 0.4) is 0 Å². The number of nitrogens with zero attached hydrogens (tertiary/aromatic N) is 1. The highest BCUT2D eigenvalue weighted by atomic mass is 35.5. The molecule has 3 heterocycles. The van der Waals surface area contributed by atoms with Gasteiger partial charge in [0, 0.05) is 35.0 Å². The summed E-state index contributed by atoms with van der Waals surface area (Å²) in [6.07, 6.45) is -4.07. The molecule has 2 saturated heterocycles. The van der Waals surface area contributed by atoms with E-state index in [1.54, 1.807) is 4.90 Å². The SMILES string of the molecule is O=C1COCC2(C1)CN(C(=O)c1sc3cc(C(F)(F)F)ccc3c1Cl)C2. The Balaban J connectivity index is 1.58. The zero-order valence-corrected chi connectivity index (χ0v) is 14.9. The molecule has 2 fully saturated rings. The second kappa shape index (κ2) is 5.94. The fourth-order valence-corrected chi connectivity index (χ4v) is 5.05. The second-order valence-electron chi connectivity index (χ2n) is 6.82. The van der Waals surface area contributed by atoms with E-state index < -0.39 is 11.7 Å². The quantitative estimate of drug-likeness (QED) is 0.723. The van der Waals surface area contributed by atoms with Crippen LogP contribution in [0.25, 0.3) is 10.1 Å². The molecule has 1 aromatic carbocycles. The van der Waals surface area contributed by atoms with Crippen molar-refractivity contribution < 1.29 is 27.5 Å². The third-order valence-electron chi connectivity index (χ3n) is 4.73. The molecule has 9 heteroatoms. The predicted molar refractivity (Wildman–Crippen MR) is 90.6 cm³/mol. The lowest BCUT2D eigenvalue weighted by atomic mass is 9.75. The van der Waals surface area contributed by atoms with Gasteiger partial charge in [-0.1, -0.05) is 17.7 Å². The number of likely N-dealkylation sites (tertiary alicyclic amines) is 1. The minimum absolute atomic E-state index is 0.0166. The lowest BCUT2D eigenvalue weighted by molar-refractivity contribution is -0.145. The summed E-state index contributed by atoms with van der Waals surface area (Å²) in [6.45, 7) is 1.31. The van der Waals surface area contributed by atoms with E-state index in [0.29, 0.717) is 36.2 Å². The molecule has 0 aliphatic carbocycles. The minimum atomic E-state index is -4.45. The Hall–Kier alpha value is -1.64. The van der Waals surface area contributed by atoms with Crippen molar-refractivity contribution in [3.8, 4) is 0 Å². The summed E-state index contributed by atoms with van der Waals surface area (Å²) in [4.78, 5) is 26.1. The number of ether oxygens (including phenoxy) is 1. The maximum atomic E-state index is 12.9. The molecule has 2 aromatic rings. The van der Waals surface area contributed by atoms with E-state index in [2.05, 4.69) is 0 Å². The Morgan fingerprint density at radius 1 is 1.31 bits per heavy atom. The van der Waals surface area contributed by atoms with E-state index in [0.717, 1.165) is 23.5 Å². The molecule has 0 N–H and O–H groups in total. The monoisotopic (exact) mass is 403 g/mol. The average Bonchev–Trinajstić information content (AvgIpc) is 2.87. The standard InChI is InChI=1S/C17H13ClF3NO3S/c18-13-11-2-1-9(17(19,20)21)3-12(11)26-14(13)15(24)22-6-16(7-22)4-10(23)5-25-8-16/h1-3H,4-8H2. The number of Topliss-reactive ketones (excluding diaryl/α,β-unsaturated/α-hetero) is 1. The van der Waals surface area contributed by atoms with Gasteiger partial charge in [0.05, 0.1) is 17.2 Å². The van der Waals surface area contributed by atoms with Crippen molar-refractivity contribution in [2.75, 3.05) is 26.3 Å². The number of benzene rings is 1. The molecule has 4 rings (SSSR count). The van der Waals surface area contributed by atoms with Crippen LogP contribution in [0.15, 0.2) is 18.2 Å². The van der Waals surface area contributed by atoms with Crippen molar-refractivity contribution in [2.45, 2.75) is 12.6 Å². The number of fused-ring (bicyclic) bond motifs is 1. The van der Waals surface area contributed by atoms with E-state index in [4.69, 9.17) is 16.3 Å². The molecule has 0 unspecified atom stereocenters. The number of hydrogen-bond donors (Lipinski definition) is 0. The number of hydrogen-bond acceptors (Lipinski definition) is 4. The average molecular weight is 404 g/mol. The van der Waals surface area contributed by atoms with E-state index in [1.807, 2.05) is 0 Å². The molecule has 1 amide bonds. The zero-order valence-electron chi connectivity index (χ0n) is 13.4. The van der Waals surface area contributed by atoms with Crippen LogP contribution >= 0.6 is 22.9 Å². The van der Waals surface area contributed by atoms with E-state index in [9.17, 15) is 22.8 Å². The van der Waals surface area contributed by atoms with Gasteiger partial charge in [-0.3, -0.25) is 9.59 Å². The van der Waals surface area contributed by atoms with Crippen LogP contribution in [-0.2, 0) is 15.7 Å². The fourth-order valence-electron chi connectivity index (χ4n) is 3.53. The molecule has 2 aliphatic rings. The normalized spacial score (nSPS) is 19.8. The number of thiophene rings is 1. The first kappa shape index (κ1) is 17.8. The number of rotatable bonds is 1.